The van der Waals surface area contributed by atoms with Crippen molar-refractivity contribution < 1.29 is 13.6 Å². The Balaban J connectivity index is 1.82. The van der Waals surface area contributed by atoms with E-state index in [0.29, 0.717) is 16.8 Å². The van der Waals surface area contributed by atoms with Crippen LogP contribution < -0.4 is 14.4 Å². The molecule has 0 amide bonds. The zero-order valence-corrected chi connectivity index (χ0v) is 19.0. The third-order valence-corrected chi connectivity index (χ3v) is 7.14. The van der Waals surface area contributed by atoms with Crippen LogP contribution in [0.5, 0.6) is 11.5 Å². The van der Waals surface area contributed by atoms with Crippen molar-refractivity contribution >= 4 is 12.9 Å². The smallest absolute Gasteiger partial charge is 0.413 e. The Morgan fingerprint density at radius 1 is 0.733 bits per heavy atom. The first-order valence-electron chi connectivity index (χ1n) is 10.6. The van der Waals surface area contributed by atoms with Gasteiger partial charge < -0.3 is 9.05 Å². The molecule has 0 aromatic heterocycles. The van der Waals surface area contributed by atoms with Gasteiger partial charge in [-0.3, -0.25) is 0 Å². The van der Waals surface area contributed by atoms with E-state index < -0.39 is 7.60 Å². The van der Waals surface area contributed by atoms with E-state index in [1.807, 2.05) is 48.5 Å². The lowest BCUT2D eigenvalue weighted by atomic mass is 9.80. The van der Waals surface area contributed by atoms with Crippen molar-refractivity contribution in [3.05, 3.63) is 90.5 Å². The highest BCUT2D eigenvalue weighted by Crippen LogP contribution is 2.47. The van der Waals surface area contributed by atoms with Crippen molar-refractivity contribution in [2.24, 2.45) is 0 Å². The Morgan fingerprint density at radius 2 is 1.27 bits per heavy atom. The molecule has 1 atom stereocenters. The molecule has 158 valence electrons. The molecule has 0 aliphatic carbocycles. The average molecular weight is 423 g/mol. The van der Waals surface area contributed by atoms with Gasteiger partial charge in [0.1, 0.15) is 11.5 Å². The summed E-state index contributed by atoms with van der Waals surface area (Å²) in [6.45, 7) is 6.76. The minimum Gasteiger partial charge on any atom is -0.413 e. The summed E-state index contributed by atoms with van der Waals surface area (Å²) in [7, 11) is -3.59. The summed E-state index contributed by atoms with van der Waals surface area (Å²) >= 11 is 0. The van der Waals surface area contributed by atoms with Crippen LogP contribution in [0.2, 0.25) is 0 Å². The third kappa shape index (κ3) is 5.77. The molecule has 3 nitrogen and oxygen atoms in total. The molecule has 0 saturated heterocycles. The van der Waals surface area contributed by atoms with Crippen LogP contribution in [0.15, 0.2) is 84.9 Å². The Kier molecular flexibility index (Phi) is 7.39. The summed E-state index contributed by atoms with van der Waals surface area (Å²) in [5.41, 5.74) is 1.35. The topological polar surface area (TPSA) is 35.5 Å². The molecule has 1 unspecified atom stereocenters. The van der Waals surface area contributed by atoms with Gasteiger partial charge in [0.15, 0.2) is 0 Å². The fourth-order valence-electron chi connectivity index (χ4n) is 3.42. The molecular formula is C26H31O3P. The number of para-hydroxylation sites is 1. The van der Waals surface area contributed by atoms with Crippen LogP contribution in [0.3, 0.4) is 0 Å². The first-order chi connectivity index (χ1) is 14.4. The van der Waals surface area contributed by atoms with E-state index >= 15 is 0 Å². The van der Waals surface area contributed by atoms with E-state index in [-0.39, 0.29) is 5.41 Å². The lowest BCUT2D eigenvalue weighted by molar-refractivity contribution is 0.399. The monoisotopic (exact) mass is 422 g/mol. The molecule has 3 rings (SSSR count). The number of unbranched alkanes of at least 4 members (excludes halogenated alkanes) is 2. The van der Waals surface area contributed by atoms with Gasteiger partial charge in [-0.25, -0.2) is 4.57 Å². The SMILES string of the molecule is CCCCCC(C)(C)c1ccc(OP(=O)(Oc2ccccc2)c2ccccc2)cc1. The zero-order valence-electron chi connectivity index (χ0n) is 18.1. The highest BCUT2D eigenvalue weighted by molar-refractivity contribution is 7.63. The van der Waals surface area contributed by atoms with Gasteiger partial charge in [0.2, 0.25) is 0 Å². The first-order valence-corrected chi connectivity index (χ1v) is 12.2. The van der Waals surface area contributed by atoms with Crippen molar-refractivity contribution in [2.75, 3.05) is 0 Å². The molecule has 0 radical (unpaired) electrons. The molecule has 4 heteroatoms. The third-order valence-electron chi connectivity index (χ3n) is 5.31. The van der Waals surface area contributed by atoms with Crippen molar-refractivity contribution in [3.8, 4) is 11.5 Å². The Labute approximate surface area is 180 Å². The maximum atomic E-state index is 13.8. The molecule has 0 heterocycles. The van der Waals surface area contributed by atoms with Crippen LogP contribution in [0, 0.1) is 0 Å². The summed E-state index contributed by atoms with van der Waals surface area (Å²) in [5, 5.41) is 0.526. The van der Waals surface area contributed by atoms with Gasteiger partial charge in [-0.05, 0) is 53.8 Å². The normalized spacial score (nSPS) is 13.4. The van der Waals surface area contributed by atoms with Gasteiger partial charge in [-0.2, -0.15) is 0 Å². The molecule has 0 spiro atoms. The van der Waals surface area contributed by atoms with E-state index in [9.17, 15) is 4.57 Å². The molecule has 0 aliphatic heterocycles. The van der Waals surface area contributed by atoms with E-state index in [2.05, 4.69) is 32.9 Å². The van der Waals surface area contributed by atoms with Gasteiger partial charge in [-0.1, -0.05) is 88.6 Å². The molecule has 0 N–H and O–H groups in total. The maximum Gasteiger partial charge on any atom is 0.462 e. The maximum absolute atomic E-state index is 13.8. The highest BCUT2D eigenvalue weighted by Gasteiger charge is 2.31. The van der Waals surface area contributed by atoms with Crippen LogP contribution in [0.4, 0.5) is 0 Å². The number of hydrogen-bond acceptors (Lipinski definition) is 3. The fraction of sp³-hybridized carbons (Fsp3) is 0.308. The van der Waals surface area contributed by atoms with Crippen LogP contribution >= 0.6 is 7.60 Å². The van der Waals surface area contributed by atoms with Crippen molar-refractivity contribution in [1.82, 2.24) is 0 Å². The largest absolute Gasteiger partial charge is 0.462 e. The first kappa shape index (κ1) is 22.2. The molecule has 0 bridgehead atoms. The van der Waals surface area contributed by atoms with Crippen LogP contribution in [0.25, 0.3) is 0 Å². The minimum atomic E-state index is -3.59. The Hall–Kier alpha value is -2.51. The number of hydrogen-bond donors (Lipinski definition) is 0. The molecule has 0 saturated carbocycles. The van der Waals surface area contributed by atoms with E-state index in [4.69, 9.17) is 9.05 Å². The summed E-state index contributed by atoms with van der Waals surface area (Å²) in [4.78, 5) is 0. The second-order valence-corrected chi connectivity index (χ2v) is 10.1. The fourth-order valence-corrected chi connectivity index (χ4v) is 5.01. The molecule has 0 fully saturated rings. The molecule has 0 aliphatic rings. The standard InChI is InChI=1S/C26H31O3P/c1-4-5-12-21-26(2,3)22-17-19-24(20-18-22)29-30(27,25-15-10-7-11-16-25)28-23-13-8-6-9-14-23/h6-11,13-20H,4-5,12,21H2,1-3H3. The second-order valence-electron chi connectivity index (χ2n) is 8.19. The summed E-state index contributed by atoms with van der Waals surface area (Å²) in [6, 6.07) is 26.2. The summed E-state index contributed by atoms with van der Waals surface area (Å²) in [6.07, 6.45) is 4.83. The lowest BCUT2D eigenvalue weighted by Gasteiger charge is -2.26. The molecule has 3 aromatic rings. The van der Waals surface area contributed by atoms with E-state index in [0.717, 1.165) is 6.42 Å². The van der Waals surface area contributed by atoms with Crippen molar-refractivity contribution in [2.45, 2.75) is 51.9 Å². The van der Waals surface area contributed by atoms with Crippen LogP contribution in [-0.4, -0.2) is 0 Å². The number of benzene rings is 3. The molecule has 3 aromatic carbocycles. The van der Waals surface area contributed by atoms with Gasteiger partial charge in [0.25, 0.3) is 0 Å². The van der Waals surface area contributed by atoms with Crippen LogP contribution in [0.1, 0.15) is 52.0 Å². The van der Waals surface area contributed by atoms with E-state index in [1.54, 1.807) is 24.3 Å². The van der Waals surface area contributed by atoms with Gasteiger partial charge in [0, 0.05) is 0 Å². The number of rotatable bonds is 10. The van der Waals surface area contributed by atoms with E-state index in [1.165, 1.54) is 24.8 Å². The molecular weight excluding hydrogens is 391 g/mol. The summed E-state index contributed by atoms with van der Waals surface area (Å²) < 4.78 is 25.6. The quantitative estimate of drug-likeness (QED) is 0.250. The van der Waals surface area contributed by atoms with Crippen molar-refractivity contribution in [3.63, 3.8) is 0 Å². The minimum absolute atomic E-state index is 0.0946. The predicted molar refractivity (Wildman–Crippen MR) is 125 cm³/mol. The summed E-state index contributed by atoms with van der Waals surface area (Å²) in [5.74, 6) is 1.05. The van der Waals surface area contributed by atoms with Gasteiger partial charge in [0.05, 0.1) is 5.30 Å². The highest BCUT2D eigenvalue weighted by atomic mass is 31.2. The average Bonchev–Trinajstić information content (AvgIpc) is 2.75. The van der Waals surface area contributed by atoms with Crippen molar-refractivity contribution in [1.29, 1.82) is 0 Å². The Bertz CT molecular complexity index is 951. The van der Waals surface area contributed by atoms with Gasteiger partial charge in [-0.15, -0.1) is 0 Å². The van der Waals surface area contributed by atoms with Crippen LogP contribution in [-0.2, 0) is 9.98 Å². The second kappa shape index (κ2) is 10.00. The zero-order chi connectivity index (χ0) is 21.5. The van der Waals surface area contributed by atoms with Gasteiger partial charge >= 0.3 is 7.60 Å². The Morgan fingerprint density at radius 3 is 1.83 bits per heavy atom. The predicted octanol–water partition coefficient (Wildman–Crippen LogP) is 7.52. The molecule has 30 heavy (non-hydrogen) atoms. The lowest BCUT2D eigenvalue weighted by Crippen LogP contribution is -2.17.